The summed E-state index contributed by atoms with van der Waals surface area (Å²) in [5.74, 6) is 2.46. The largest absolute Gasteiger partial charge is 0.497 e. The Labute approximate surface area is 177 Å². The zero-order valence-corrected chi connectivity index (χ0v) is 17.5. The van der Waals surface area contributed by atoms with Crippen molar-refractivity contribution in [3.05, 3.63) is 54.1 Å². The summed E-state index contributed by atoms with van der Waals surface area (Å²) in [5, 5.41) is 3.09. The maximum Gasteiger partial charge on any atom is 0.247 e. The number of ether oxygens (including phenoxy) is 2. The van der Waals surface area contributed by atoms with E-state index >= 15 is 0 Å². The maximum absolute atomic E-state index is 12.9. The van der Waals surface area contributed by atoms with Crippen LogP contribution in [0.5, 0.6) is 11.5 Å². The first-order valence-electron chi connectivity index (χ1n) is 10.8. The van der Waals surface area contributed by atoms with Crippen LogP contribution in [0.3, 0.4) is 0 Å². The summed E-state index contributed by atoms with van der Waals surface area (Å²) in [4.78, 5) is 17.6. The van der Waals surface area contributed by atoms with Gasteiger partial charge >= 0.3 is 0 Å². The molecule has 30 heavy (non-hydrogen) atoms. The van der Waals surface area contributed by atoms with Gasteiger partial charge in [-0.1, -0.05) is 18.2 Å². The topological polar surface area (TPSA) is 54.0 Å². The Bertz CT molecular complexity index is 909. The van der Waals surface area contributed by atoms with Crippen LogP contribution in [0.15, 0.2) is 48.5 Å². The molecule has 6 heteroatoms. The first kappa shape index (κ1) is 19.2. The molecule has 2 saturated heterocycles. The summed E-state index contributed by atoms with van der Waals surface area (Å²) in [6.07, 6.45) is 2.71. The van der Waals surface area contributed by atoms with E-state index in [1.54, 1.807) is 7.11 Å². The number of nitrogens with zero attached hydrogens (tertiary/aromatic N) is 2. The van der Waals surface area contributed by atoms with Crippen LogP contribution < -0.4 is 19.7 Å². The zero-order valence-electron chi connectivity index (χ0n) is 17.5. The van der Waals surface area contributed by atoms with Crippen LogP contribution in [-0.4, -0.2) is 56.4 Å². The third kappa shape index (κ3) is 3.29. The molecule has 1 amide bonds. The van der Waals surface area contributed by atoms with Gasteiger partial charge < -0.3 is 24.6 Å². The lowest BCUT2D eigenvalue weighted by molar-refractivity contribution is -0.125. The number of rotatable bonds is 4. The summed E-state index contributed by atoms with van der Waals surface area (Å²) < 4.78 is 11.3. The van der Waals surface area contributed by atoms with E-state index in [4.69, 9.17) is 9.47 Å². The molecule has 3 aliphatic rings. The van der Waals surface area contributed by atoms with Crippen LogP contribution in [0.1, 0.15) is 30.7 Å². The van der Waals surface area contributed by atoms with E-state index < -0.39 is 5.54 Å². The Morgan fingerprint density at radius 2 is 1.97 bits per heavy atom. The third-order valence-electron chi connectivity index (χ3n) is 6.95. The van der Waals surface area contributed by atoms with E-state index in [0.29, 0.717) is 12.6 Å². The molecule has 158 valence electrons. The molecule has 0 aromatic heterocycles. The predicted octanol–water partition coefficient (Wildman–Crippen LogP) is 2.99. The Morgan fingerprint density at radius 1 is 1.17 bits per heavy atom. The van der Waals surface area contributed by atoms with Gasteiger partial charge in [0.1, 0.15) is 17.0 Å². The van der Waals surface area contributed by atoms with Crippen LogP contribution in [0, 0.1) is 0 Å². The van der Waals surface area contributed by atoms with E-state index in [1.807, 2.05) is 30.3 Å². The average Bonchev–Trinajstić information content (AvgIpc) is 3.11. The molecule has 1 atom stereocenters. The molecule has 6 nitrogen and oxygen atoms in total. The number of para-hydroxylation sites is 1. The number of hydrogen-bond donors (Lipinski definition) is 1. The average molecular weight is 408 g/mol. The second-order valence-corrected chi connectivity index (χ2v) is 8.50. The number of piperidine rings is 1. The van der Waals surface area contributed by atoms with Gasteiger partial charge in [0, 0.05) is 36.8 Å². The monoisotopic (exact) mass is 407 g/mol. The van der Waals surface area contributed by atoms with E-state index in [9.17, 15) is 4.79 Å². The van der Waals surface area contributed by atoms with Gasteiger partial charge in [0.05, 0.1) is 20.4 Å². The fraction of sp³-hybridized carbons (Fsp3) is 0.458. The number of methoxy groups -OCH3 is 1. The van der Waals surface area contributed by atoms with E-state index in [1.165, 1.54) is 5.56 Å². The number of likely N-dealkylation sites (tertiary alicyclic amines) is 1. The second kappa shape index (κ2) is 7.84. The first-order chi connectivity index (χ1) is 14.7. The molecule has 2 fully saturated rings. The molecule has 0 radical (unpaired) electrons. The Kier molecular flexibility index (Phi) is 5.03. The van der Waals surface area contributed by atoms with Gasteiger partial charge in [0.2, 0.25) is 5.91 Å². The van der Waals surface area contributed by atoms with Crippen molar-refractivity contribution in [1.82, 2.24) is 10.2 Å². The molecule has 0 bridgehead atoms. The lowest BCUT2D eigenvalue weighted by Gasteiger charge is -2.44. The van der Waals surface area contributed by atoms with E-state index in [2.05, 4.69) is 33.3 Å². The molecule has 5 rings (SSSR count). The summed E-state index contributed by atoms with van der Waals surface area (Å²) in [7, 11) is 1.70. The Hall–Kier alpha value is -2.73. The maximum atomic E-state index is 12.9. The molecular formula is C24H29N3O3. The highest BCUT2D eigenvalue weighted by molar-refractivity contribution is 5.93. The number of fused-ring (bicyclic) bond motifs is 1. The molecule has 2 aromatic carbocycles. The van der Waals surface area contributed by atoms with Crippen LogP contribution in [0.4, 0.5) is 5.69 Å². The molecular weight excluding hydrogens is 378 g/mol. The number of hydrogen-bond acceptors (Lipinski definition) is 5. The summed E-state index contributed by atoms with van der Waals surface area (Å²) in [6.45, 7) is 4.19. The minimum absolute atomic E-state index is 0.173. The van der Waals surface area contributed by atoms with Crippen LogP contribution in [0.25, 0.3) is 0 Å². The minimum atomic E-state index is -0.422. The summed E-state index contributed by atoms with van der Waals surface area (Å²) in [5.41, 5.74) is 1.94. The normalized spacial score (nSPS) is 23.0. The molecule has 3 aliphatic heterocycles. The predicted molar refractivity (Wildman–Crippen MR) is 116 cm³/mol. The van der Waals surface area contributed by atoms with Crippen molar-refractivity contribution in [2.24, 2.45) is 0 Å². The van der Waals surface area contributed by atoms with Crippen LogP contribution in [-0.2, 0) is 4.79 Å². The molecule has 2 aromatic rings. The van der Waals surface area contributed by atoms with E-state index in [0.717, 1.165) is 62.7 Å². The van der Waals surface area contributed by atoms with Crippen molar-refractivity contribution in [2.45, 2.75) is 30.7 Å². The number of amides is 1. The SMILES string of the molecule is COc1ccc2c(c1)C(CN1CCC3(CC1)C(=O)NCN3c1ccccc1)CCO2. The van der Waals surface area contributed by atoms with Crippen molar-refractivity contribution < 1.29 is 14.3 Å². The van der Waals surface area contributed by atoms with Crippen LogP contribution in [0.2, 0.25) is 0 Å². The quantitative estimate of drug-likeness (QED) is 0.845. The molecule has 1 N–H and O–H groups in total. The summed E-state index contributed by atoms with van der Waals surface area (Å²) in [6, 6.07) is 16.4. The van der Waals surface area contributed by atoms with Gasteiger partial charge in [-0.3, -0.25) is 4.79 Å². The lowest BCUT2D eigenvalue weighted by Crippen LogP contribution is -2.56. The first-order valence-corrected chi connectivity index (χ1v) is 10.8. The number of benzene rings is 2. The van der Waals surface area contributed by atoms with Crippen LogP contribution >= 0.6 is 0 Å². The van der Waals surface area contributed by atoms with Crippen molar-refractivity contribution in [3.8, 4) is 11.5 Å². The van der Waals surface area contributed by atoms with Crippen molar-refractivity contribution in [2.75, 3.05) is 44.9 Å². The van der Waals surface area contributed by atoms with Gasteiger partial charge in [0.15, 0.2) is 0 Å². The highest BCUT2D eigenvalue weighted by atomic mass is 16.5. The summed E-state index contributed by atoms with van der Waals surface area (Å²) >= 11 is 0. The van der Waals surface area contributed by atoms with Gasteiger partial charge in [-0.25, -0.2) is 0 Å². The van der Waals surface area contributed by atoms with Gasteiger partial charge in [0.25, 0.3) is 0 Å². The zero-order chi connectivity index (χ0) is 20.6. The third-order valence-corrected chi connectivity index (χ3v) is 6.95. The smallest absolute Gasteiger partial charge is 0.247 e. The highest BCUT2D eigenvalue weighted by Gasteiger charge is 2.50. The van der Waals surface area contributed by atoms with Crippen molar-refractivity contribution in [1.29, 1.82) is 0 Å². The number of anilines is 1. The van der Waals surface area contributed by atoms with Gasteiger partial charge in [-0.15, -0.1) is 0 Å². The highest BCUT2D eigenvalue weighted by Crippen LogP contribution is 2.39. The number of nitrogens with one attached hydrogen (secondary N) is 1. The molecule has 3 heterocycles. The lowest BCUT2D eigenvalue weighted by atomic mass is 9.84. The van der Waals surface area contributed by atoms with Gasteiger partial charge in [-0.05, 0) is 49.6 Å². The number of carbonyl (C=O) groups is 1. The fourth-order valence-electron chi connectivity index (χ4n) is 5.21. The molecule has 0 saturated carbocycles. The van der Waals surface area contributed by atoms with E-state index in [-0.39, 0.29) is 5.91 Å². The van der Waals surface area contributed by atoms with Crippen molar-refractivity contribution >= 4 is 11.6 Å². The standard InChI is InChI=1S/C24H29N3O3/c1-29-20-7-8-22-21(15-20)18(9-14-30-22)16-26-12-10-24(11-13-26)23(28)25-17-27(24)19-5-3-2-4-6-19/h2-8,15,18H,9-14,16-17H2,1H3,(H,25,28). The second-order valence-electron chi connectivity index (χ2n) is 8.50. The molecule has 1 unspecified atom stereocenters. The molecule has 0 aliphatic carbocycles. The van der Waals surface area contributed by atoms with Crippen molar-refractivity contribution in [3.63, 3.8) is 0 Å². The Morgan fingerprint density at radius 3 is 2.73 bits per heavy atom. The molecule has 1 spiro atoms. The fourth-order valence-corrected chi connectivity index (χ4v) is 5.21. The number of carbonyl (C=O) groups excluding carboxylic acids is 1. The van der Waals surface area contributed by atoms with Gasteiger partial charge in [-0.2, -0.15) is 0 Å². The minimum Gasteiger partial charge on any atom is -0.497 e. The Balaban J connectivity index is 1.29.